The molecule has 15 heavy (non-hydrogen) atoms. The first-order valence-corrected chi connectivity index (χ1v) is 4.31. The van der Waals surface area contributed by atoms with Crippen LogP contribution in [-0.2, 0) is 9.59 Å². The minimum atomic E-state index is -1.76. The van der Waals surface area contributed by atoms with E-state index in [0.29, 0.717) is 0 Å². The number of carbonyl (C=O) groups excluding carboxylic acids is 2. The lowest BCUT2D eigenvalue weighted by Gasteiger charge is -2.26. The van der Waals surface area contributed by atoms with Crippen LogP contribution in [0.1, 0.15) is 6.92 Å². The third-order valence-electron chi connectivity index (χ3n) is 1.84. The number of amides is 1. The predicted octanol–water partition coefficient (Wildman–Crippen LogP) is -3.24. The fourth-order valence-electron chi connectivity index (χ4n) is 1.02. The highest BCUT2D eigenvalue weighted by atomic mass is 16.4. The summed E-state index contributed by atoms with van der Waals surface area (Å²) in [5.41, 5.74) is 0. The van der Waals surface area contributed by atoms with Gasteiger partial charge in [0.25, 0.3) is 0 Å². The Balaban J connectivity index is 4.42. The first-order valence-electron chi connectivity index (χ1n) is 4.31. The maximum Gasteiger partial charge on any atom is 0.217 e. The minimum Gasteiger partial charge on any atom is -0.394 e. The van der Waals surface area contributed by atoms with E-state index >= 15 is 0 Å². The molecule has 0 spiro atoms. The van der Waals surface area contributed by atoms with Crippen molar-refractivity contribution >= 4 is 12.2 Å². The Bertz CT molecular complexity index is 221. The average Bonchev–Trinajstić information content (AvgIpc) is 2.22. The maximum atomic E-state index is 10.6. The van der Waals surface area contributed by atoms with Gasteiger partial charge in [0, 0.05) is 6.92 Å². The lowest BCUT2D eigenvalue weighted by molar-refractivity contribution is -0.130. The number of aliphatic hydroxyl groups is 4. The van der Waals surface area contributed by atoms with Crippen LogP contribution < -0.4 is 5.32 Å². The van der Waals surface area contributed by atoms with E-state index in [-0.39, 0.29) is 6.29 Å². The van der Waals surface area contributed by atoms with Gasteiger partial charge in [0.05, 0.1) is 12.6 Å². The second-order valence-electron chi connectivity index (χ2n) is 3.10. The number of hydrogen-bond acceptors (Lipinski definition) is 6. The van der Waals surface area contributed by atoms with Crippen molar-refractivity contribution < 1.29 is 30.0 Å². The smallest absolute Gasteiger partial charge is 0.217 e. The SMILES string of the molecule is CC(=O)N[C@H](CO)[C@@H](O)[C@H](O)[C@@H](O)C=O. The zero-order valence-corrected chi connectivity index (χ0v) is 8.20. The largest absolute Gasteiger partial charge is 0.394 e. The van der Waals surface area contributed by atoms with Crippen LogP contribution in [0.2, 0.25) is 0 Å². The molecule has 0 bridgehead atoms. The summed E-state index contributed by atoms with van der Waals surface area (Å²) < 4.78 is 0. The van der Waals surface area contributed by atoms with E-state index < -0.39 is 36.9 Å². The Morgan fingerprint density at radius 1 is 1.33 bits per heavy atom. The van der Waals surface area contributed by atoms with Crippen LogP contribution in [0.4, 0.5) is 0 Å². The van der Waals surface area contributed by atoms with Crippen molar-refractivity contribution in [3.05, 3.63) is 0 Å². The monoisotopic (exact) mass is 221 g/mol. The van der Waals surface area contributed by atoms with Gasteiger partial charge < -0.3 is 30.5 Å². The molecule has 0 aliphatic carbocycles. The van der Waals surface area contributed by atoms with Gasteiger partial charge >= 0.3 is 0 Å². The molecule has 0 aliphatic rings. The molecule has 0 saturated carbocycles. The molecule has 0 rings (SSSR count). The van der Waals surface area contributed by atoms with Gasteiger partial charge in [-0.3, -0.25) is 4.79 Å². The number of rotatable bonds is 6. The maximum absolute atomic E-state index is 10.6. The van der Waals surface area contributed by atoms with E-state index in [2.05, 4.69) is 5.32 Å². The lowest BCUT2D eigenvalue weighted by atomic mass is 10.0. The Morgan fingerprint density at radius 3 is 2.20 bits per heavy atom. The molecule has 88 valence electrons. The summed E-state index contributed by atoms with van der Waals surface area (Å²) in [6.07, 6.45) is -5.09. The molecule has 0 unspecified atom stereocenters. The van der Waals surface area contributed by atoms with E-state index in [9.17, 15) is 19.8 Å². The zero-order chi connectivity index (χ0) is 12.0. The topological polar surface area (TPSA) is 127 Å². The molecule has 0 radical (unpaired) electrons. The summed E-state index contributed by atoms with van der Waals surface area (Å²) in [7, 11) is 0. The summed E-state index contributed by atoms with van der Waals surface area (Å²) in [5, 5.41) is 38.5. The summed E-state index contributed by atoms with van der Waals surface area (Å²) in [6, 6.07) is -1.13. The lowest BCUT2D eigenvalue weighted by Crippen LogP contribution is -2.53. The molecule has 5 N–H and O–H groups in total. The summed E-state index contributed by atoms with van der Waals surface area (Å²) >= 11 is 0. The van der Waals surface area contributed by atoms with E-state index in [1.165, 1.54) is 0 Å². The first-order chi connectivity index (χ1) is 6.93. The van der Waals surface area contributed by atoms with Crippen molar-refractivity contribution in [2.45, 2.75) is 31.3 Å². The molecule has 0 fully saturated rings. The second-order valence-corrected chi connectivity index (χ2v) is 3.10. The Kier molecular flexibility index (Phi) is 6.02. The Morgan fingerprint density at radius 2 is 1.87 bits per heavy atom. The van der Waals surface area contributed by atoms with Crippen LogP contribution in [0.5, 0.6) is 0 Å². The average molecular weight is 221 g/mol. The Hall–Kier alpha value is -1.02. The van der Waals surface area contributed by atoms with E-state index in [1.54, 1.807) is 0 Å². The van der Waals surface area contributed by atoms with Crippen LogP contribution in [0, 0.1) is 0 Å². The molecule has 0 saturated heterocycles. The Labute approximate surface area is 86.3 Å². The van der Waals surface area contributed by atoms with Gasteiger partial charge in [-0.15, -0.1) is 0 Å². The highest BCUT2D eigenvalue weighted by Crippen LogP contribution is 2.03. The van der Waals surface area contributed by atoms with Gasteiger partial charge in [-0.2, -0.15) is 0 Å². The number of carbonyl (C=O) groups is 2. The summed E-state index contributed by atoms with van der Waals surface area (Å²) in [4.78, 5) is 20.7. The molecular weight excluding hydrogens is 206 g/mol. The number of hydrogen-bond donors (Lipinski definition) is 5. The van der Waals surface area contributed by atoms with Gasteiger partial charge in [-0.05, 0) is 0 Å². The van der Waals surface area contributed by atoms with Crippen molar-refractivity contribution in [2.75, 3.05) is 6.61 Å². The summed E-state index contributed by atoms with van der Waals surface area (Å²) in [6.45, 7) is 0.543. The zero-order valence-electron chi connectivity index (χ0n) is 8.20. The molecule has 7 heteroatoms. The van der Waals surface area contributed by atoms with Gasteiger partial charge in [0.15, 0.2) is 6.29 Å². The number of nitrogens with one attached hydrogen (secondary N) is 1. The standard InChI is InChI=1S/C8H15NO6/c1-4(12)9-5(2-10)7(14)8(15)6(13)3-11/h3,5-8,10,13-15H,2H2,1H3,(H,9,12)/t5-,6+,7-,8-/m1/s1. The van der Waals surface area contributed by atoms with Gasteiger partial charge in [0.1, 0.15) is 18.3 Å². The molecule has 0 aromatic rings. The quantitative estimate of drug-likeness (QED) is 0.300. The van der Waals surface area contributed by atoms with E-state index in [4.69, 9.17) is 10.2 Å². The van der Waals surface area contributed by atoms with Crippen molar-refractivity contribution in [3.63, 3.8) is 0 Å². The fourth-order valence-corrected chi connectivity index (χ4v) is 1.02. The fraction of sp³-hybridized carbons (Fsp3) is 0.750. The third-order valence-corrected chi connectivity index (χ3v) is 1.84. The van der Waals surface area contributed by atoms with Crippen LogP contribution >= 0.6 is 0 Å². The van der Waals surface area contributed by atoms with Crippen LogP contribution in [0.25, 0.3) is 0 Å². The van der Waals surface area contributed by atoms with E-state index in [0.717, 1.165) is 6.92 Å². The van der Waals surface area contributed by atoms with Crippen molar-refractivity contribution in [1.29, 1.82) is 0 Å². The van der Waals surface area contributed by atoms with Crippen LogP contribution in [0.3, 0.4) is 0 Å². The molecule has 0 heterocycles. The molecule has 0 aromatic carbocycles. The number of aliphatic hydroxyl groups excluding tert-OH is 4. The molecule has 0 aromatic heterocycles. The normalized spacial score (nSPS) is 18.7. The minimum absolute atomic E-state index is 0.0517. The molecule has 1 amide bonds. The predicted molar refractivity (Wildman–Crippen MR) is 48.8 cm³/mol. The van der Waals surface area contributed by atoms with Crippen molar-refractivity contribution in [1.82, 2.24) is 5.32 Å². The highest BCUT2D eigenvalue weighted by Gasteiger charge is 2.31. The molecule has 4 atom stereocenters. The molecular formula is C8H15NO6. The van der Waals surface area contributed by atoms with Crippen LogP contribution in [-0.4, -0.2) is 63.6 Å². The van der Waals surface area contributed by atoms with Crippen molar-refractivity contribution in [3.8, 4) is 0 Å². The van der Waals surface area contributed by atoms with Crippen molar-refractivity contribution in [2.24, 2.45) is 0 Å². The second kappa shape index (κ2) is 6.46. The highest BCUT2D eigenvalue weighted by molar-refractivity contribution is 5.73. The third kappa shape index (κ3) is 4.34. The first kappa shape index (κ1) is 14.0. The van der Waals surface area contributed by atoms with E-state index in [1.807, 2.05) is 0 Å². The van der Waals surface area contributed by atoms with Gasteiger partial charge in [-0.1, -0.05) is 0 Å². The molecule has 7 nitrogen and oxygen atoms in total. The molecule has 0 aliphatic heterocycles. The van der Waals surface area contributed by atoms with Gasteiger partial charge in [0.2, 0.25) is 5.91 Å². The van der Waals surface area contributed by atoms with Crippen LogP contribution in [0.15, 0.2) is 0 Å². The number of aldehydes is 1. The summed E-state index contributed by atoms with van der Waals surface area (Å²) in [5.74, 6) is -0.513. The van der Waals surface area contributed by atoms with Gasteiger partial charge in [-0.25, -0.2) is 0 Å².